The molecule has 0 atom stereocenters. The highest BCUT2D eigenvalue weighted by molar-refractivity contribution is 6.42. The van der Waals surface area contributed by atoms with Gasteiger partial charge >= 0.3 is 9.28 Å². The highest BCUT2D eigenvalue weighted by Crippen LogP contribution is 2.14. The van der Waals surface area contributed by atoms with Crippen LogP contribution in [0.2, 0.25) is 6.55 Å². The number of hydrogen-bond acceptors (Lipinski definition) is 2. The van der Waals surface area contributed by atoms with E-state index in [4.69, 9.17) is 8.85 Å². The summed E-state index contributed by atoms with van der Waals surface area (Å²) in [5.74, 6) is 0. The third-order valence-electron chi connectivity index (χ3n) is 5.12. The summed E-state index contributed by atoms with van der Waals surface area (Å²) >= 11 is 0. The number of hydrogen-bond donors (Lipinski definition) is 0. The van der Waals surface area contributed by atoms with Crippen molar-refractivity contribution in [1.82, 2.24) is 0 Å². The minimum absolute atomic E-state index is 1.16. The molecular formula is C23H52O2Si. The van der Waals surface area contributed by atoms with E-state index in [1.165, 1.54) is 116 Å². The Morgan fingerprint density at radius 3 is 0.731 bits per heavy atom. The number of unbranched alkanes of at least 4 members (excludes halogenated alkanes) is 17. The Kier molecular flexibility index (Phi) is 29.8. The minimum Gasteiger partial charge on any atom is -0.400 e. The van der Waals surface area contributed by atoms with Gasteiger partial charge in [0.05, 0.1) is 0 Å². The smallest absolute Gasteiger partial charge is 0.317 e. The molecule has 0 radical (unpaired) electrons. The van der Waals surface area contributed by atoms with Crippen molar-refractivity contribution < 1.29 is 8.85 Å². The van der Waals surface area contributed by atoms with Crippen LogP contribution in [0.4, 0.5) is 0 Å². The van der Waals surface area contributed by atoms with E-state index >= 15 is 0 Å². The van der Waals surface area contributed by atoms with E-state index < -0.39 is 9.28 Å². The van der Waals surface area contributed by atoms with Crippen molar-refractivity contribution in [2.75, 3.05) is 14.2 Å². The topological polar surface area (TPSA) is 18.5 Å². The largest absolute Gasteiger partial charge is 0.400 e. The predicted octanol–water partition coefficient (Wildman–Crippen LogP) is 8.18. The molecule has 0 aliphatic carbocycles. The van der Waals surface area contributed by atoms with Crippen LogP contribution in [0.15, 0.2) is 0 Å². The van der Waals surface area contributed by atoms with Gasteiger partial charge in [-0.2, -0.15) is 0 Å². The molecule has 0 saturated carbocycles. The summed E-state index contributed by atoms with van der Waals surface area (Å²) in [6.45, 7) is 6.57. The molecule has 160 valence electrons. The van der Waals surface area contributed by atoms with Gasteiger partial charge in [0.1, 0.15) is 0 Å². The van der Waals surface area contributed by atoms with Gasteiger partial charge in [0.2, 0.25) is 0 Å². The maximum absolute atomic E-state index is 4.82. The Morgan fingerprint density at radius 2 is 0.615 bits per heavy atom. The van der Waals surface area contributed by atoms with Crippen molar-refractivity contribution in [3.05, 3.63) is 0 Å². The fraction of sp³-hybridized carbons (Fsp3) is 1.00. The van der Waals surface area contributed by atoms with Gasteiger partial charge in [0.25, 0.3) is 0 Å². The van der Waals surface area contributed by atoms with Gasteiger partial charge in [-0.05, 0) is 6.55 Å². The molecule has 2 nitrogen and oxygen atoms in total. The molecule has 0 amide bonds. The molecule has 0 aromatic rings. The summed E-state index contributed by atoms with van der Waals surface area (Å²) in [6, 6.07) is 0. The first-order valence-electron chi connectivity index (χ1n) is 11.8. The van der Waals surface area contributed by atoms with Crippen LogP contribution < -0.4 is 0 Å². The van der Waals surface area contributed by atoms with Crippen LogP contribution in [-0.2, 0) is 8.85 Å². The molecule has 0 fully saturated rings. The van der Waals surface area contributed by atoms with E-state index in [0.29, 0.717) is 0 Å². The molecule has 26 heavy (non-hydrogen) atoms. The maximum Gasteiger partial charge on any atom is 0.317 e. The molecule has 3 heteroatoms. The van der Waals surface area contributed by atoms with E-state index in [1.807, 2.05) is 6.55 Å². The lowest BCUT2D eigenvalue weighted by Crippen LogP contribution is -2.12. The van der Waals surface area contributed by atoms with Crippen molar-refractivity contribution in [3.63, 3.8) is 0 Å². The molecule has 0 saturated heterocycles. The first kappa shape index (κ1) is 28.3. The normalized spacial score (nSPS) is 10.8. The van der Waals surface area contributed by atoms with Crippen LogP contribution in [0.1, 0.15) is 129 Å². The lowest BCUT2D eigenvalue weighted by Gasteiger charge is -2.03. The van der Waals surface area contributed by atoms with Gasteiger partial charge in [-0.25, -0.2) is 0 Å². The molecule has 0 spiro atoms. The monoisotopic (exact) mass is 388 g/mol. The van der Waals surface area contributed by atoms with Crippen molar-refractivity contribution in [1.29, 1.82) is 0 Å². The van der Waals surface area contributed by atoms with Crippen LogP contribution in [0, 0.1) is 0 Å². The molecule has 0 aromatic carbocycles. The number of rotatable bonds is 19. The van der Waals surface area contributed by atoms with Gasteiger partial charge in [-0.1, -0.05) is 129 Å². The van der Waals surface area contributed by atoms with Crippen molar-refractivity contribution in [2.24, 2.45) is 0 Å². The Morgan fingerprint density at radius 1 is 0.423 bits per heavy atom. The SMILES string of the molecule is CCCCCCCCCCCCCCCCCCCC.CO[SiH](C)OC. The molecule has 0 heterocycles. The van der Waals surface area contributed by atoms with E-state index in [9.17, 15) is 0 Å². The standard InChI is InChI=1S/C20H42.C3H10O2Si/c1-3-5-7-9-11-13-15-17-19-20-18-16-14-12-10-8-6-4-2;1-4-6(3)5-2/h3-20H2,1-2H3;6H,1-3H3. The zero-order valence-electron chi connectivity index (χ0n) is 19.1. The second-order valence-electron chi connectivity index (χ2n) is 7.70. The van der Waals surface area contributed by atoms with Crippen LogP contribution in [-0.4, -0.2) is 23.5 Å². The van der Waals surface area contributed by atoms with Crippen molar-refractivity contribution in [3.8, 4) is 0 Å². The summed E-state index contributed by atoms with van der Waals surface area (Å²) < 4.78 is 9.63. The zero-order chi connectivity index (χ0) is 19.7. The predicted molar refractivity (Wildman–Crippen MR) is 121 cm³/mol. The highest BCUT2D eigenvalue weighted by atomic mass is 28.3. The lowest BCUT2D eigenvalue weighted by atomic mass is 10.0. The quantitative estimate of drug-likeness (QED) is 0.164. The third kappa shape index (κ3) is 28.9. The summed E-state index contributed by atoms with van der Waals surface area (Å²) in [7, 11) is 2.17. The molecule has 0 bridgehead atoms. The van der Waals surface area contributed by atoms with Gasteiger partial charge < -0.3 is 8.85 Å². The summed E-state index contributed by atoms with van der Waals surface area (Å²) in [4.78, 5) is 0. The van der Waals surface area contributed by atoms with Crippen molar-refractivity contribution >= 4 is 9.28 Å². The molecule has 0 rings (SSSR count). The minimum atomic E-state index is -1.16. The second-order valence-corrected chi connectivity index (χ2v) is 9.77. The summed E-state index contributed by atoms with van der Waals surface area (Å²) in [5.41, 5.74) is 0. The Bertz CT molecular complexity index is 202. The molecule has 0 aliphatic heterocycles. The fourth-order valence-electron chi connectivity index (χ4n) is 3.07. The van der Waals surface area contributed by atoms with Gasteiger partial charge in [-0.15, -0.1) is 0 Å². The molecule has 0 aliphatic rings. The lowest BCUT2D eigenvalue weighted by molar-refractivity contribution is 0.285. The highest BCUT2D eigenvalue weighted by Gasteiger charge is 1.95. The van der Waals surface area contributed by atoms with Crippen LogP contribution in [0.5, 0.6) is 0 Å². The van der Waals surface area contributed by atoms with Gasteiger partial charge in [0, 0.05) is 14.2 Å². The Hall–Kier alpha value is 0.137. The first-order chi connectivity index (χ1) is 12.7. The van der Waals surface area contributed by atoms with Gasteiger partial charge in [-0.3, -0.25) is 0 Å². The second kappa shape index (κ2) is 27.4. The van der Waals surface area contributed by atoms with Gasteiger partial charge in [0.15, 0.2) is 0 Å². The van der Waals surface area contributed by atoms with Crippen LogP contribution in [0.3, 0.4) is 0 Å². The summed E-state index contributed by atoms with van der Waals surface area (Å²) in [6.07, 6.45) is 26.4. The molecular weight excluding hydrogens is 336 g/mol. The van der Waals surface area contributed by atoms with E-state index in [0.717, 1.165) is 0 Å². The Labute approximate surface area is 168 Å². The third-order valence-corrected chi connectivity index (χ3v) is 6.45. The van der Waals surface area contributed by atoms with E-state index in [-0.39, 0.29) is 0 Å². The molecule has 0 N–H and O–H groups in total. The zero-order valence-corrected chi connectivity index (χ0v) is 20.3. The summed E-state index contributed by atoms with van der Waals surface area (Å²) in [5, 5.41) is 0. The molecule has 0 unspecified atom stereocenters. The van der Waals surface area contributed by atoms with Crippen LogP contribution >= 0.6 is 0 Å². The Balaban J connectivity index is 0. The molecule has 0 aromatic heterocycles. The fourth-order valence-corrected chi connectivity index (χ4v) is 3.26. The average molecular weight is 389 g/mol. The van der Waals surface area contributed by atoms with Crippen LogP contribution in [0.25, 0.3) is 0 Å². The average Bonchev–Trinajstić information content (AvgIpc) is 2.67. The maximum atomic E-state index is 4.82. The first-order valence-corrected chi connectivity index (χ1v) is 13.9. The van der Waals surface area contributed by atoms with E-state index in [2.05, 4.69) is 13.8 Å². The van der Waals surface area contributed by atoms with E-state index in [1.54, 1.807) is 14.2 Å². The van der Waals surface area contributed by atoms with Crippen molar-refractivity contribution in [2.45, 2.75) is 136 Å².